The minimum Gasteiger partial charge on any atom is -0.465 e. The van der Waals surface area contributed by atoms with E-state index in [1.807, 2.05) is 0 Å². The molecule has 0 amide bonds. The van der Waals surface area contributed by atoms with Crippen LogP contribution < -0.4 is 15.3 Å². The highest BCUT2D eigenvalue weighted by molar-refractivity contribution is 5.95. The highest BCUT2D eigenvalue weighted by Crippen LogP contribution is 2.14. The van der Waals surface area contributed by atoms with E-state index < -0.39 is 5.97 Å². The van der Waals surface area contributed by atoms with E-state index in [1.165, 1.54) is 25.1 Å². The van der Waals surface area contributed by atoms with Crippen LogP contribution in [0, 0.1) is 6.92 Å². The second kappa shape index (κ2) is 3.95. The molecule has 1 aromatic rings. The van der Waals surface area contributed by atoms with Crippen molar-refractivity contribution in [3.05, 3.63) is 23.5 Å². The van der Waals surface area contributed by atoms with E-state index in [-0.39, 0.29) is 0 Å². The number of aromatic nitrogens is 1. The summed E-state index contributed by atoms with van der Waals surface area (Å²) in [6.07, 6.45) is 3.17. The van der Waals surface area contributed by atoms with Crippen LogP contribution in [0.15, 0.2) is 12.4 Å². The fourth-order valence-electron chi connectivity index (χ4n) is 1.21. The number of nitrogens with two attached hydrogens (primary N) is 1. The minimum atomic E-state index is -0.441. The third-order valence-electron chi connectivity index (χ3n) is 1.87. The summed E-state index contributed by atoms with van der Waals surface area (Å²) >= 11 is 0. The van der Waals surface area contributed by atoms with E-state index in [4.69, 9.17) is 10.6 Å². The zero-order valence-corrected chi connectivity index (χ0v) is 8.40. The van der Waals surface area contributed by atoms with Gasteiger partial charge >= 0.3 is 5.97 Å². The SMILES string of the molecule is COC(=O)c1c(C)c[n+](OC)cc1N. The van der Waals surface area contributed by atoms with Gasteiger partial charge in [-0.15, -0.1) is 0 Å². The molecule has 0 bridgehead atoms. The molecule has 1 aromatic heterocycles. The number of nitrogen functional groups attached to an aromatic ring is 1. The first-order valence-corrected chi connectivity index (χ1v) is 4.04. The zero-order chi connectivity index (χ0) is 10.7. The van der Waals surface area contributed by atoms with Crippen molar-refractivity contribution in [1.82, 2.24) is 0 Å². The highest BCUT2D eigenvalue weighted by atomic mass is 16.6. The van der Waals surface area contributed by atoms with Crippen LogP contribution in [-0.4, -0.2) is 20.2 Å². The third kappa shape index (κ3) is 1.76. The molecular weight excluding hydrogens is 184 g/mol. The Bertz CT molecular complexity index is 340. The first kappa shape index (κ1) is 10.3. The molecule has 0 saturated heterocycles. The summed E-state index contributed by atoms with van der Waals surface area (Å²) in [5.74, 6) is -0.441. The Kier molecular flexibility index (Phi) is 2.91. The van der Waals surface area contributed by atoms with Crippen LogP contribution in [0.4, 0.5) is 5.69 Å². The first-order valence-electron chi connectivity index (χ1n) is 4.04. The van der Waals surface area contributed by atoms with Gasteiger partial charge < -0.3 is 10.5 Å². The number of aryl methyl sites for hydroxylation is 1. The molecule has 0 radical (unpaired) electrons. The van der Waals surface area contributed by atoms with Crippen LogP contribution in [0.2, 0.25) is 0 Å². The van der Waals surface area contributed by atoms with Gasteiger partial charge in [0.05, 0.1) is 12.7 Å². The maximum atomic E-state index is 11.3. The van der Waals surface area contributed by atoms with E-state index >= 15 is 0 Å². The number of carbonyl (C=O) groups excluding carboxylic acids is 1. The monoisotopic (exact) mass is 197 g/mol. The van der Waals surface area contributed by atoms with Gasteiger partial charge in [-0.05, 0) is 6.92 Å². The van der Waals surface area contributed by atoms with Crippen LogP contribution in [-0.2, 0) is 4.74 Å². The number of methoxy groups -OCH3 is 1. The van der Waals surface area contributed by atoms with Crippen molar-refractivity contribution < 1.29 is 19.1 Å². The number of pyridine rings is 1. The second-order valence-electron chi connectivity index (χ2n) is 2.81. The van der Waals surface area contributed by atoms with E-state index in [0.717, 1.165) is 0 Å². The topological polar surface area (TPSA) is 65.4 Å². The number of rotatable bonds is 2. The maximum absolute atomic E-state index is 11.3. The van der Waals surface area contributed by atoms with Gasteiger partial charge in [-0.25, -0.2) is 4.79 Å². The summed E-state index contributed by atoms with van der Waals surface area (Å²) in [5, 5.41) is 0. The molecule has 0 saturated carbocycles. The molecule has 1 rings (SSSR count). The summed E-state index contributed by atoms with van der Waals surface area (Å²) in [6.45, 7) is 1.76. The Morgan fingerprint density at radius 1 is 1.43 bits per heavy atom. The van der Waals surface area contributed by atoms with Crippen LogP contribution in [0.5, 0.6) is 0 Å². The van der Waals surface area contributed by atoms with E-state index in [2.05, 4.69) is 4.74 Å². The van der Waals surface area contributed by atoms with E-state index in [0.29, 0.717) is 16.8 Å². The number of esters is 1. The lowest BCUT2D eigenvalue weighted by atomic mass is 10.1. The number of anilines is 1. The lowest BCUT2D eigenvalue weighted by Gasteiger charge is -2.04. The van der Waals surface area contributed by atoms with Gasteiger partial charge in [0.25, 0.3) is 0 Å². The van der Waals surface area contributed by atoms with Gasteiger partial charge in [0.1, 0.15) is 12.8 Å². The number of nitrogens with zero attached hydrogens (tertiary/aromatic N) is 1. The van der Waals surface area contributed by atoms with Crippen molar-refractivity contribution in [3.63, 3.8) is 0 Å². The number of hydrogen-bond donors (Lipinski definition) is 1. The molecule has 0 unspecified atom stereocenters. The van der Waals surface area contributed by atoms with Gasteiger partial charge in [0.15, 0.2) is 0 Å². The van der Waals surface area contributed by atoms with Crippen LogP contribution in [0.25, 0.3) is 0 Å². The molecule has 76 valence electrons. The van der Waals surface area contributed by atoms with E-state index in [1.54, 1.807) is 13.1 Å². The van der Waals surface area contributed by atoms with Crippen molar-refractivity contribution >= 4 is 11.7 Å². The summed E-state index contributed by atoms with van der Waals surface area (Å²) in [4.78, 5) is 16.2. The minimum absolute atomic E-state index is 0.332. The molecule has 1 heterocycles. The fraction of sp³-hybridized carbons (Fsp3) is 0.333. The lowest BCUT2D eigenvalue weighted by Crippen LogP contribution is -2.41. The molecule has 0 aliphatic heterocycles. The van der Waals surface area contributed by atoms with Gasteiger partial charge in [0.2, 0.25) is 12.4 Å². The van der Waals surface area contributed by atoms with Crippen LogP contribution in [0.1, 0.15) is 15.9 Å². The molecule has 0 aromatic carbocycles. The van der Waals surface area contributed by atoms with E-state index in [9.17, 15) is 4.79 Å². The molecule has 14 heavy (non-hydrogen) atoms. The average molecular weight is 197 g/mol. The molecule has 5 nitrogen and oxygen atoms in total. The van der Waals surface area contributed by atoms with Crippen molar-refractivity contribution in [2.45, 2.75) is 6.92 Å². The number of ether oxygens (including phenoxy) is 1. The standard InChI is InChI=1S/C9H12N2O3/c1-6-4-11(14-3)5-7(10)8(6)9(12)13-2/h4-5H,1-3H3,(H-,10,12)/p+1. The third-order valence-corrected chi connectivity index (χ3v) is 1.87. The van der Waals surface area contributed by atoms with Crippen molar-refractivity contribution in [2.75, 3.05) is 20.0 Å². The summed E-state index contributed by atoms with van der Waals surface area (Å²) in [7, 11) is 2.83. The quantitative estimate of drug-likeness (QED) is 0.522. The predicted octanol–water partition coefficient (Wildman–Crippen LogP) is -0.290. The Hall–Kier alpha value is -1.78. The van der Waals surface area contributed by atoms with Crippen LogP contribution >= 0.6 is 0 Å². The van der Waals surface area contributed by atoms with Gasteiger partial charge in [-0.2, -0.15) is 0 Å². The largest absolute Gasteiger partial charge is 0.465 e. The molecule has 0 atom stereocenters. The van der Waals surface area contributed by atoms with Crippen molar-refractivity contribution in [1.29, 1.82) is 0 Å². The number of hydrogen-bond acceptors (Lipinski definition) is 4. The Balaban J connectivity index is 3.25. The Labute approximate surface area is 82.0 Å². The maximum Gasteiger partial charge on any atom is 0.340 e. The first-order chi connectivity index (χ1) is 6.60. The van der Waals surface area contributed by atoms with Gasteiger partial charge in [-0.1, -0.05) is 0 Å². The zero-order valence-electron chi connectivity index (χ0n) is 8.40. The lowest BCUT2D eigenvalue weighted by molar-refractivity contribution is -0.885. The molecule has 0 aliphatic carbocycles. The second-order valence-corrected chi connectivity index (χ2v) is 2.81. The normalized spacial score (nSPS) is 9.64. The predicted molar refractivity (Wildman–Crippen MR) is 49.6 cm³/mol. The van der Waals surface area contributed by atoms with Crippen LogP contribution in [0.3, 0.4) is 0 Å². The summed E-state index contributed by atoms with van der Waals surface area (Å²) in [6, 6.07) is 0. The summed E-state index contributed by atoms with van der Waals surface area (Å²) < 4.78 is 6.03. The van der Waals surface area contributed by atoms with Crippen molar-refractivity contribution in [3.8, 4) is 0 Å². The Morgan fingerprint density at radius 3 is 2.50 bits per heavy atom. The highest BCUT2D eigenvalue weighted by Gasteiger charge is 2.18. The summed E-state index contributed by atoms with van der Waals surface area (Å²) in [5.41, 5.74) is 7.09. The fourth-order valence-corrected chi connectivity index (χ4v) is 1.21. The average Bonchev–Trinajstić information content (AvgIpc) is 2.16. The smallest absolute Gasteiger partial charge is 0.340 e. The molecular formula is C9H13N2O3+. The molecule has 0 fully saturated rings. The number of carbonyl (C=O) groups is 1. The van der Waals surface area contributed by atoms with Gasteiger partial charge in [0, 0.05) is 10.3 Å². The molecule has 0 spiro atoms. The molecule has 5 heteroatoms. The molecule has 0 aliphatic rings. The van der Waals surface area contributed by atoms with Gasteiger partial charge in [-0.3, -0.25) is 4.84 Å². The Morgan fingerprint density at radius 2 is 2.07 bits per heavy atom. The van der Waals surface area contributed by atoms with Crippen molar-refractivity contribution in [2.24, 2.45) is 0 Å². The molecule has 2 N–H and O–H groups in total.